The Labute approximate surface area is 102 Å². The van der Waals surface area contributed by atoms with Gasteiger partial charge in [0.15, 0.2) is 5.17 Å². The van der Waals surface area contributed by atoms with Crippen LogP contribution in [0.5, 0.6) is 0 Å². The Kier molecular flexibility index (Phi) is 1.69. The molecule has 2 aromatic rings. The molecule has 4 rings (SSSR count). The number of carbonyl (C=O) groups excluding carboxylic acids is 1. The molecule has 0 radical (unpaired) electrons. The van der Waals surface area contributed by atoms with Gasteiger partial charge in [0.2, 0.25) is 5.91 Å². The third-order valence-corrected chi connectivity index (χ3v) is 4.01. The summed E-state index contributed by atoms with van der Waals surface area (Å²) in [6, 6.07) is 12.1. The van der Waals surface area contributed by atoms with E-state index in [1.54, 1.807) is 4.90 Å². The summed E-state index contributed by atoms with van der Waals surface area (Å²) in [7, 11) is 0. The molecule has 1 fully saturated rings. The average molecular weight is 240 g/mol. The monoisotopic (exact) mass is 240 g/mol. The fourth-order valence-electron chi connectivity index (χ4n) is 2.37. The summed E-state index contributed by atoms with van der Waals surface area (Å²) in [6.45, 7) is 0. The number of hydrogen-bond donors (Lipinski definition) is 0. The van der Waals surface area contributed by atoms with Crippen molar-refractivity contribution >= 4 is 45.0 Å². The van der Waals surface area contributed by atoms with E-state index in [9.17, 15) is 4.79 Å². The van der Waals surface area contributed by atoms with Gasteiger partial charge in [-0.15, -0.1) is 0 Å². The Morgan fingerprint density at radius 3 is 2.88 bits per heavy atom. The normalized spacial score (nSPS) is 17.3. The SMILES string of the molecule is O=C1CSC2=Nc3cccc4cccc(c34)N12. The van der Waals surface area contributed by atoms with Crippen molar-refractivity contribution in [1.82, 2.24) is 0 Å². The number of benzene rings is 2. The lowest BCUT2D eigenvalue weighted by Crippen LogP contribution is -2.30. The molecule has 2 aliphatic heterocycles. The minimum absolute atomic E-state index is 0.121. The van der Waals surface area contributed by atoms with Crippen LogP contribution >= 0.6 is 11.8 Å². The minimum atomic E-state index is 0.121. The van der Waals surface area contributed by atoms with E-state index in [1.165, 1.54) is 11.8 Å². The summed E-state index contributed by atoms with van der Waals surface area (Å²) >= 11 is 1.51. The van der Waals surface area contributed by atoms with Crippen LogP contribution in [0.2, 0.25) is 0 Å². The van der Waals surface area contributed by atoms with E-state index in [1.807, 2.05) is 24.3 Å². The summed E-state index contributed by atoms with van der Waals surface area (Å²) in [6.07, 6.45) is 0. The van der Waals surface area contributed by atoms with E-state index in [4.69, 9.17) is 0 Å². The highest BCUT2D eigenvalue weighted by molar-refractivity contribution is 8.15. The molecule has 82 valence electrons. The van der Waals surface area contributed by atoms with Gasteiger partial charge < -0.3 is 0 Å². The van der Waals surface area contributed by atoms with Crippen LogP contribution in [0.15, 0.2) is 41.4 Å². The molecule has 0 atom stereocenters. The Bertz CT molecular complexity index is 688. The largest absolute Gasteiger partial charge is 0.273 e. The highest BCUT2D eigenvalue weighted by Gasteiger charge is 2.33. The maximum Gasteiger partial charge on any atom is 0.243 e. The van der Waals surface area contributed by atoms with Crippen molar-refractivity contribution in [2.45, 2.75) is 0 Å². The first-order valence-corrected chi connectivity index (χ1v) is 6.39. The second-order valence-corrected chi connectivity index (χ2v) is 5.01. The van der Waals surface area contributed by atoms with Crippen molar-refractivity contribution in [1.29, 1.82) is 0 Å². The zero-order valence-corrected chi connectivity index (χ0v) is 9.70. The molecule has 2 aromatic carbocycles. The van der Waals surface area contributed by atoms with Gasteiger partial charge in [-0.3, -0.25) is 9.69 Å². The standard InChI is InChI=1S/C13H8N2OS/c16-11-7-17-13-14-9-5-1-3-8-4-2-6-10(12(8)9)15(11)13/h1-6H,7H2. The highest BCUT2D eigenvalue weighted by Crippen LogP contribution is 2.42. The van der Waals surface area contributed by atoms with E-state index in [0.717, 1.165) is 27.3 Å². The summed E-state index contributed by atoms with van der Waals surface area (Å²) in [5.41, 5.74) is 1.93. The van der Waals surface area contributed by atoms with Crippen LogP contribution in [0.25, 0.3) is 10.8 Å². The molecule has 4 heteroatoms. The molecular formula is C13H8N2OS. The summed E-state index contributed by atoms with van der Waals surface area (Å²) in [4.78, 5) is 18.2. The third kappa shape index (κ3) is 1.13. The van der Waals surface area contributed by atoms with Gasteiger partial charge in [-0.05, 0) is 17.5 Å². The zero-order valence-electron chi connectivity index (χ0n) is 8.88. The Hall–Kier alpha value is -1.81. The quantitative estimate of drug-likeness (QED) is 0.709. The number of anilines is 1. The molecule has 0 N–H and O–H groups in total. The first kappa shape index (κ1) is 9.24. The molecule has 1 saturated heterocycles. The zero-order chi connectivity index (χ0) is 11.4. The van der Waals surface area contributed by atoms with Crippen LogP contribution in [0, 0.1) is 0 Å². The van der Waals surface area contributed by atoms with Gasteiger partial charge in [0.25, 0.3) is 0 Å². The molecule has 1 amide bonds. The predicted molar refractivity (Wildman–Crippen MR) is 71.0 cm³/mol. The summed E-state index contributed by atoms with van der Waals surface area (Å²) in [5.74, 6) is 0.610. The number of rotatable bonds is 0. The van der Waals surface area contributed by atoms with Crippen molar-refractivity contribution in [2.75, 3.05) is 10.7 Å². The number of hydrogen-bond acceptors (Lipinski definition) is 3. The van der Waals surface area contributed by atoms with Gasteiger partial charge >= 0.3 is 0 Å². The van der Waals surface area contributed by atoms with Crippen LogP contribution in [0.1, 0.15) is 0 Å². The molecule has 0 aliphatic carbocycles. The molecule has 0 saturated carbocycles. The lowest BCUT2D eigenvalue weighted by atomic mass is 10.1. The number of carbonyl (C=O) groups is 1. The van der Waals surface area contributed by atoms with E-state index >= 15 is 0 Å². The lowest BCUT2D eigenvalue weighted by Gasteiger charge is -2.23. The molecule has 3 nitrogen and oxygen atoms in total. The smallest absolute Gasteiger partial charge is 0.243 e. The van der Waals surface area contributed by atoms with Crippen LogP contribution in [-0.4, -0.2) is 16.8 Å². The molecule has 0 unspecified atom stereocenters. The number of amidine groups is 1. The van der Waals surface area contributed by atoms with Crippen LogP contribution in [-0.2, 0) is 4.79 Å². The molecule has 0 aromatic heterocycles. The molecule has 2 aliphatic rings. The van der Waals surface area contributed by atoms with Gasteiger partial charge in [-0.25, -0.2) is 4.99 Å². The van der Waals surface area contributed by atoms with E-state index in [2.05, 4.69) is 17.1 Å². The van der Waals surface area contributed by atoms with Crippen molar-refractivity contribution < 1.29 is 4.79 Å². The number of thioether (sulfide) groups is 1. The highest BCUT2D eigenvalue weighted by atomic mass is 32.2. The predicted octanol–water partition coefficient (Wildman–Crippen LogP) is 2.92. The van der Waals surface area contributed by atoms with Crippen molar-refractivity contribution in [3.63, 3.8) is 0 Å². The minimum Gasteiger partial charge on any atom is -0.273 e. The second-order valence-electron chi connectivity index (χ2n) is 4.06. The average Bonchev–Trinajstić information content (AvgIpc) is 2.72. The van der Waals surface area contributed by atoms with Crippen molar-refractivity contribution in [2.24, 2.45) is 4.99 Å². The van der Waals surface area contributed by atoms with Gasteiger partial charge in [-0.1, -0.05) is 36.0 Å². The van der Waals surface area contributed by atoms with Gasteiger partial charge in [0.05, 0.1) is 17.1 Å². The molecular weight excluding hydrogens is 232 g/mol. The summed E-state index contributed by atoms with van der Waals surface area (Å²) < 4.78 is 0. The van der Waals surface area contributed by atoms with E-state index in [-0.39, 0.29) is 5.91 Å². The molecule has 2 heterocycles. The van der Waals surface area contributed by atoms with Crippen molar-refractivity contribution in [3.05, 3.63) is 36.4 Å². The third-order valence-electron chi connectivity index (χ3n) is 3.08. The Morgan fingerprint density at radius 2 is 2.00 bits per heavy atom. The maximum atomic E-state index is 11.9. The first-order valence-electron chi connectivity index (χ1n) is 5.41. The number of amides is 1. The van der Waals surface area contributed by atoms with E-state index < -0.39 is 0 Å². The van der Waals surface area contributed by atoms with Gasteiger partial charge in [0, 0.05) is 5.39 Å². The van der Waals surface area contributed by atoms with Crippen molar-refractivity contribution in [3.8, 4) is 0 Å². The molecule has 0 spiro atoms. The number of fused-ring (bicyclic) bond motifs is 2. The topological polar surface area (TPSA) is 32.7 Å². The fraction of sp³-hybridized carbons (Fsp3) is 0.0769. The molecule has 0 bridgehead atoms. The first-order chi connectivity index (χ1) is 8.34. The summed E-state index contributed by atoms with van der Waals surface area (Å²) in [5, 5.41) is 3.02. The Balaban J connectivity index is 2.16. The lowest BCUT2D eigenvalue weighted by molar-refractivity contribution is -0.115. The van der Waals surface area contributed by atoms with E-state index in [0.29, 0.717) is 5.75 Å². The number of nitrogens with zero attached hydrogens (tertiary/aromatic N) is 2. The Morgan fingerprint density at radius 1 is 1.18 bits per heavy atom. The fourth-order valence-corrected chi connectivity index (χ4v) is 3.24. The number of aliphatic imine (C=N–C) groups is 1. The second kappa shape index (κ2) is 3.11. The maximum absolute atomic E-state index is 11.9. The van der Waals surface area contributed by atoms with Crippen LogP contribution in [0.3, 0.4) is 0 Å². The van der Waals surface area contributed by atoms with Crippen LogP contribution in [0.4, 0.5) is 11.4 Å². The van der Waals surface area contributed by atoms with Crippen LogP contribution < -0.4 is 4.90 Å². The van der Waals surface area contributed by atoms with Gasteiger partial charge in [-0.2, -0.15) is 0 Å². The van der Waals surface area contributed by atoms with Gasteiger partial charge in [0.1, 0.15) is 0 Å². The molecule has 17 heavy (non-hydrogen) atoms.